The van der Waals surface area contributed by atoms with Gasteiger partial charge in [-0.2, -0.15) is 17.4 Å². The number of nitrogens with zero attached hydrogens (tertiary/aromatic N) is 1. The van der Waals surface area contributed by atoms with E-state index in [-0.39, 0.29) is 6.04 Å². The molecule has 2 aliphatic rings. The van der Waals surface area contributed by atoms with E-state index in [4.69, 9.17) is 0 Å². The van der Waals surface area contributed by atoms with Crippen LogP contribution in [0.3, 0.4) is 0 Å². The molecular formula is C11H23N3O2S. The Labute approximate surface area is 104 Å². The molecule has 2 rings (SSSR count). The maximum atomic E-state index is 12.1. The van der Waals surface area contributed by atoms with Crippen molar-refractivity contribution in [3.8, 4) is 0 Å². The summed E-state index contributed by atoms with van der Waals surface area (Å²) in [5.41, 5.74) is 0. The molecule has 0 aromatic carbocycles. The summed E-state index contributed by atoms with van der Waals surface area (Å²) in [6.07, 6.45) is 3.94. The Hall–Kier alpha value is -0.170. The van der Waals surface area contributed by atoms with Gasteiger partial charge in [-0.1, -0.05) is 6.92 Å². The number of nitrogens with one attached hydrogen (secondary N) is 2. The van der Waals surface area contributed by atoms with Crippen LogP contribution in [0.5, 0.6) is 0 Å². The van der Waals surface area contributed by atoms with E-state index in [1.807, 2.05) is 0 Å². The summed E-state index contributed by atoms with van der Waals surface area (Å²) in [7, 11) is -3.26. The standard InChI is InChI=1S/C11H23N3O2S/c1-10-4-7-14(8-5-10)17(15,16)13-11-3-2-6-12-9-11/h10-13H,2-9H2,1H3. The average molecular weight is 261 g/mol. The Morgan fingerprint density at radius 3 is 2.53 bits per heavy atom. The molecule has 2 N–H and O–H groups in total. The summed E-state index contributed by atoms with van der Waals surface area (Å²) in [5.74, 6) is 0.651. The number of hydrogen-bond donors (Lipinski definition) is 2. The summed E-state index contributed by atoms with van der Waals surface area (Å²) in [4.78, 5) is 0. The molecule has 2 aliphatic heterocycles. The Kier molecular flexibility index (Phi) is 4.41. The normalized spacial score (nSPS) is 29.4. The van der Waals surface area contributed by atoms with Crippen LogP contribution >= 0.6 is 0 Å². The monoisotopic (exact) mass is 261 g/mol. The largest absolute Gasteiger partial charge is 0.315 e. The van der Waals surface area contributed by atoms with Crippen molar-refractivity contribution in [2.45, 2.75) is 38.6 Å². The van der Waals surface area contributed by atoms with Crippen LogP contribution in [0.2, 0.25) is 0 Å². The second-order valence-corrected chi connectivity index (χ2v) is 6.95. The lowest BCUT2D eigenvalue weighted by Crippen LogP contribution is -2.52. The number of hydrogen-bond acceptors (Lipinski definition) is 3. The first-order valence-electron chi connectivity index (χ1n) is 6.56. The Morgan fingerprint density at radius 1 is 1.24 bits per heavy atom. The molecule has 1 unspecified atom stereocenters. The third-order valence-corrected chi connectivity index (χ3v) is 5.37. The molecule has 0 spiro atoms. The van der Waals surface area contributed by atoms with E-state index in [1.54, 1.807) is 4.31 Å². The van der Waals surface area contributed by atoms with Crippen LogP contribution in [-0.2, 0) is 10.2 Å². The van der Waals surface area contributed by atoms with Crippen molar-refractivity contribution in [1.29, 1.82) is 0 Å². The summed E-state index contributed by atoms with van der Waals surface area (Å²) < 4.78 is 28.7. The van der Waals surface area contributed by atoms with Crippen LogP contribution in [0, 0.1) is 5.92 Å². The molecule has 6 heteroatoms. The van der Waals surface area contributed by atoms with Crippen LogP contribution in [0.4, 0.5) is 0 Å². The van der Waals surface area contributed by atoms with Crippen molar-refractivity contribution in [3.05, 3.63) is 0 Å². The third kappa shape index (κ3) is 3.64. The first kappa shape index (κ1) is 13.3. The lowest BCUT2D eigenvalue weighted by atomic mass is 10.0. The highest BCUT2D eigenvalue weighted by atomic mass is 32.2. The van der Waals surface area contributed by atoms with Crippen LogP contribution < -0.4 is 10.0 Å². The fraction of sp³-hybridized carbons (Fsp3) is 1.00. The van der Waals surface area contributed by atoms with Crippen LogP contribution in [0.15, 0.2) is 0 Å². The van der Waals surface area contributed by atoms with Gasteiger partial charge in [0.05, 0.1) is 0 Å². The molecule has 0 aromatic heterocycles. The fourth-order valence-corrected chi connectivity index (χ4v) is 3.93. The molecule has 5 nitrogen and oxygen atoms in total. The molecule has 0 aliphatic carbocycles. The van der Waals surface area contributed by atoms with Crippen LogP contribution in [0.25, 0.3) is 0 Å². The lowest BCUT2D eigenvalue weighted by Gasteiger charge is -2.32. The molecule has 2 heterocycles. The topological polar surface area (TPSA) is 61.4 Å². The van der Waals surface area contributed by atoms with Gasteiger partial charge in [0.1, 0.15) is 0 Å². The third-order valence-electron chi connectivity index (χ3n) is 3.69. The predicted octanol–water partition coefficient (Wildman–Crippen LogP) is 0.305. The quantitative estimate of drug-likeness (QED) is 0.768. The van der Waals surface area contributed by atoms with E-state index in [0.717, 1.165) is 38.8 Å². The van der Waals surface area contributed by atoms with E-state index < -0.39 is 10.2 Å². The second-order valence-electron chi connectivity index (χ2n) is 5.25. The minimum Gasteiger partial charge on any atom is -0.315 e. The predicted molar refractivity (Wildman–Crippen MR) is 67.9 cm³/mol. The summed E-state index contributed by atoms with van der Waals surface area (Å²) in [6.45, 7) is 5.26. The van der Waals surface area contributed by atoms with Gasteiger partial charge in [-0.25, -0.2) is 0 Å². The highest BCUT2D eigenvalue weighted by molar-refractivity contribution is 7.87. The van der Waals surface area contributed by atoms with Crippen molar-refractivity contribution in [1.82, 2.24) is 14.3 Å². The zero-order chi connectivity index (χ0) is 12.3. The van der Waals surface area contributed by atoms with Gasteiger partial charge in [0.25, 0.3) is 10.2 Å². The first-order chi connectivity index (χ1) is 8.08. The molecule has 1 atom stereocenters. The molecule has 2 fully saturated rings. The van der Waals surface area contributed by atoms with Crippen molar-refractivity contribution < 1.29 is 8.42 Å². The first-order valence-corrected chi connectivity index (χ1v) is 8.00. The van der Waals surface area contributed by atoms with E-state index in [1.165, 1.54) is 0 Å². The molecule has 17 heavy (non-hydrogen) atoms. The Bertz CT molecular complexity index is 331. The van der Waals surface area contributed by atoms with Gasteiger partial charge < -0.3 is 5.32 Å². The molecule has 0 saturated carbocycles. The summed E-state index contributed by atoms with van der Waals surface area (Å²) in [5, 5.41) is 3.22. The molecular weight excluding hydrogens is 238 g/mol. The van der Waals surface area contributed by atoms with Crippen molar-refractivity contribution in [3.63, 3.8) is 0 Å². The molecule has 0 aromatic rings. The Morgan fingerprint density at radius 2 is 1.94 bits per heavy atom. The number of rotatable bonds is 3. The lowest BCUT2D eigenvalue weighted by molar-refractivity contribution is 0.281. The van der Waals surface area contributed by atoms with Gasteiger partial charge in [-0.05, 0) is 38.1 Å². The maximum absolute atomic E-state index is 12.1. The second kappa shape index (κ2) is 5.65. The van der Waals surface area contributed by atoms with Crippen molar-refractivity contribution >= 4 is 10.2 Å². The molecule has 100 valence electrons. The van der Waals surface area contributed by atoms with Gasteiger partial charge in [-0.15, -0.1) is 0 Å². The highest BCUT2D eigenvalue weighted by Gasteiger charge is 2.28. The van der Waals surface area contributed by atoms with E-state index in [9.17, 15) is 8.42 Å². The van der Waals surface area contributed by atoms with Crippen molar-refractivity contribution in [2.24, 2.45) is 5.92 Å². The highest BCUT2D eigenvalue weighted by Crippen LogP contribution is 2.18. The SMILES string of the molecule is CC1CCN(S(=O)(=O)NC2CCCNC2)CC1. The van der Waals surface area contributed by atoms with Gasteiger partial charge >= 0.3 is 0 Å². The molecule has 0 radical (unpaired) electrons. The van der Waals surface area contributed by atoms with Crippen LogP contribution in [-0.4, -0.2) is 44.9 Å². The van der Waals surface area contributed by atoms with Gasteiger partial charge in [-0.3, -0.25) is 0 Å². The van der Waals surface area contributed by atoms with Gasteiger partial charge in [0.2, 0.25) is 0 Å². The summed E-state index contributed by atoms with van der Waals surface area (Å²) >= 11 is 0. The zero-order valence-electron chi connectivity index (χ0n) is 10.5. The summed E-state index contributed by atoms with van der Waals surface area (Å²) in [6, 6.07) is 0.0631. The maximum Gasteiger partial charge on any atom is 0.279 e. The molecule has 0 bridgehead atoms. The average Bonchev–Trinajstić information content (AvgIpc) is 2.30. The smallest absolute Gasteiger partial charge is 0.279 e. The molecule has 2 saturated heterocycles. The van der Waals surface area contributed by atoms with E-state index >= 15 is 0 Å². The minimum atomic E-state index is -3.26. The fourth-order valence-electron chi connectivity index (χ4n) is 2.46. The molecule has 0 amide bonds. The van der Waals surface area contributed by atoms with Crippen LogP contribution in [0.1, 0.15) is 32.6 Å². The van der Waals surface area contributed by atoms with E-state index in [2.05, 4.69) is 17.0 Å². The minimum absolute atomic E-state index is 0.0631. The number of piperidine rings is 2. The van der Waals surface area contributed by atoms with Crippen molar-refractivity contribution in [2.75, 3.05) is 26.2 Å². The zero-order valence-corrected chi connectivity index (χ0v) is 11.3. The van der Waals surface area contributed by atoms with E-state index in [0.29, 0.717) is 19.0 Å². The van der Waals surface area contributed by atoms with Gasteiger partial charge in [0.15, 0.2) is 0 Å². The van der Waals surface area contributed by atoms with Gasteiger partial charge in [0, 0.05) is 25.7 Å². The Balaban J connectivity index is 1.89.